The molecule has 2 N–H and O–H groups in total. The fourth-order valence-corrected chi connectivity index (χ4v) is 4.97. The number of hydrogen-bond acceptors (Lipinski definition) is 7. The molecule has 7 nitrogen and oxygen atoms in total. The van der Waals surface area contributed by atoms with Gasteiger partial charge in [0, 0.05) is 21.7 Å². The second-order valence-corrected chi connectivity index (χ2v) is 9.01. The van der Waals surface area contributed by atoms with E-state index in [1.165, 1.54) is 17.6 Å². The summed E-state index contributed by atoms with van der Waals surface area (Å²) in [6.45, 7) is 6.03. The normalized spacial score (nSPS) is 11.7. The van der Waals surface area contributed by atoms with Gasteiger partial charge in [0.2, 0.25) is 0 Å². The molecule has 0 aliphatic rings. The molecule has 8 heteroatoms. The fraction of sp³-hybridized carbons (Fsp3) is 0.231. The Morgan fingerprint density at radius 3 is 2.50 bits per heavy atom. The van der Waals surface area contributed by atoms with Gasteiger partial charge in [-0.2, -0.15) is 0 Å². The molecule has 1 amide bonds. The Morgan fingerprint density at radius 2 is 1.82 bits per heavy atom. The number of para-hydroxylation sites is 1. The zero-order chi connectivity index (χ0) is 24.2. The van der Waals surface area contributed by atoms with E-state index in [-0.39, 0.29) is 17.7 Å². The Kier molecular flexibility index (Phi) is 6.88. The molecule has 176 valence electrons. The van der Waals surface area contributed by atoms with E-state index in [0.29, 0.717) is 17.3 Å². The van der Waals surface area contributed by atoms with Crippen molar-refractivity contribution in [2.24, 2.45) is 0 Å². The molecule has 0 bridgehead atoms. The third kappa shape index (κ3) is 4.63. The number of benzene rings is 1. The van der Waals surface area contributed by atoms with Crippen molar-refractivity contribution >= 4 is 28.1 Å². The van der Waals surface area contributed by atoms with E-state index >= 15 is 0 Å². The van der Waals surface area contributed by atoms with Crippen LogP contribution in [0, 0.1) is 20.8 Å². The number of ether oxygens (including phenoxy) is 2. The summed E-state index contributed by atoms with van der Waals surface area (Å²) in [5, 5.41) is 7.34. The summed E-state index contributed by atoms with van der Waals surface area (Å²) < 4.78 is 16.6. The molecule has 3 heterocycles. The Hall–Kier alpha value is -3.78. The van der Waals surface area contributed by atoms with Crippen LogP contribution in [0.25, 0.3) is 0 Å². The summed E-state index contributed by atoms with van der Waals surface area (Å²) in [6.07, 6.45) is 1.48. The molecule has 0 saturated heterocycles. The van der Waals surface area contributed by atoms with E-state index in [1.807, 2.05) is 50.2 Å². The van der Waals surface area contributed by atoms with Crippen molar-refractivity contribution in [3.63, 3.8) is 0 Å². The van der Waals surface area contributed by atoms with E-state index in [4.69, 9.17) is 13.9 Å². The molecule has 0 aliphatic carbocycles. The second-order valence-electron chi connectivity index (χ2n) is 7.78. The summed E-state index contributed by atoms with van der Waals surface area (Å²) in [6, 6.07) is 14.5. The zero-order valence-electron chi connectivity index (χ0n) is 19.8. The van der Waals surface area contributed by atoms with Crippen LogP contribution < -0.4 is 20.1 Å². The Morgan fingerprint density at radius 1 is 1.03 bits per heavy atom. The Balaban J connectivity index is 1.87. The van der Waals surface area contributed by atoms with Crippen LogP contribution in [0.2, 0.25) is 0 Å². The molecule has 0 aliphatic heterocycles. The minimum atomic E-state index is -0.379. The van der Waals surface area contributed by atoms with Gasteiger partial charge in [-0.3, -0.25) is 4.79 Å². The van der Waals surface area contributed by atoms with Crippen molar-refractivity contribution in [2.45, 2.75) is 26.8 Å². The number of carbonyl (C=O) groups is 1. The lowest BCUT2D eigenvalue weighted by Gasteiger charge is -2.25. The maximum absolute atomic E-state index is 12.9. The lowest BCUT2D eigenvalue weighted by molar-refractivity contribution is 0.0997. The fourth-order valence-electron chi connectivity index (χ4n) is 3.87. The number of aryl methyl sites for hydroxylation is 2. The summed E-state index contributed by atoms with van der Waals surface area (Å²) >= 11 is 1.52. The molecular weight excluding hydrogens is 450 g/mol. The topological polar surface area (TPSA) is 85.6 Å². The second kappa shape index (κ2) is 10.0. The number of nitrogens with one attached hydrogen (secondary N) is 2. The van der Waals surface area contributed by atoms with Crippen LogP contribution in [0.15, 0.2) is 59.2 Å². The van der Waals surface area contributed by atoms with Gasteiger partial charge in [0.15, 0.2) is 17.3 Å². The number of aromatic nitrogens is 1. The molecule has 0 fully saturated rings. The van der Waals surface area contributed by atoms with Crippen LogP contribution in [-0.2, 0) is 0 Å². The monoisotopic (exact) mass is 477 g/mol. The lowest BCUT2D eigenvalue weighted by Crippen LogP contribution is -2.18. The molecule has 0 radical (unpaired) electrons. The highest BCUT2D eigenvalue weighted by Gasteiger charge is 2.29. The molecule has 34 heavy (non-hydrogen) atoms. The van der Waals surface area contributed by atoms with Crippen molar-refractivity contribution in [2.75, 3.05) is 24.9 Å². The van der Waals surface area contributed by atoms with Gasteiger partial charge in [-0.25, -0.2) is 4.98 Å². The molecule has 4 rings (SSSR count). The van der Waals surface area contributed by atoms with Crippen molar-refractivity contribution in [3.8, 4) is 11.5 Å². The van der Waals surface area contributed by atoms with Crippen LogP contribution >= 0.6 is 11.3 Å². The van der Waals surface area contributed by atoms with Gasteiger partial charge >= 0.3 is 0 Å². The van der Waals surface area contributed by atoms with Gasteiger partial charge in [-0.05, 0) is 56.7 Å². The number of methoxy groups -OCH3 is 2. The Bertz CT molecular complexity index is 1300. The van der Waals surface area contributed by atoms with Gasteiger partial charge in [-0.1, -0.05) is 18.2 Å². The van der Waals surface area contributed by atoms with E-state index in [0.717, 1.165) is 32.3 Å². The summed E-state index contributed by atoms with van der Waals surface area (Å²) in [5.74, 6) is 1.88. The van der Waals surface area contributed by atoms with Crippen molar-refractivity contribution < 1.29 is 18.7 Å². The number of hydrogen-bond donors (Lipinski definition) is 2. The van der Waals surface area contributed by atoms with Crippen LogP contribution in [0.1, 0.15) is 43.9 Å². The van der Waals surface area contributed by atoms with Crippen molar-refractivity contribution in [1.29, 1.82) is 0 Å². The smallest absolute Gasteiger partial charge is 0.291 e. The molecule has 4 aromatic rings. The van der Waals surface area contributed by atoms with Gasteiger partial charge < -0.3 is 24.5 Å². The maximum Gasteiger partial charge on any atom is 0.291 e. The highest BCUT2D eigenvalue weighted by Crippen LogP contribution is 2.45. The van der Waals surface area contributed by atoms with Crippen molar-refractivity contribution in [3.05, 3.63) is 87.8 Å². The minimum absolute atomic E-state index is 0.249. The summed E-state index contributed by atoms with van der Waals surface area (Å²) in [7, 11) is 3.23. The number of anilines is 2. The standard InChI is InChI=1S/C26H27N3O4S/c1-15-9-6-13-21(27-15)28-23(18-10-7-11-19(31-4)24(18)32-5)22-16(2)17(3)34-26(22)29-25(30)20-12-8-14-33-20/h6-14,23H,1-5H3,(H,27,28)(H,29,30)/t23-/m1/s1. The molecule has 0 unspecified atom stereocenters. The first-order chi connectivity index (χ1) is 16.4. The predicted molar refractivity (Wildman–Crippen MR) is 134 cm³/mol. The van der Waals surface area contributed by atoms with Gasteiger partial charge in [0.25, 0.3) is 5.91 Å². The highest BCUT2D eigenvalue weighted by molar-refractivity contribution is 7.16. The average molecular weight is 478 g/mol. The largest absolute Gasteiger partial charge is 0.493 e. The van der Waals surface area contributed by atoms with Gasteiger partial charge in [0.05, 0.1) is 26.5 Å². The first-order valence-electron chi connectivity index (χ1n) is 10.8. The molecule has 1 atom stereocenters. The predicted octanol–water partition coefficient (Wildman–Crippen LogP) is 6.13. The van der Waals surface area contributed by atoms with Crippen molar-refractivity contribution in [1.82, 2.24) is 4.98 Å². The summed E-state index contributed by atoms with van der Waals surface area (Å²) in [4.78, 5) is 18.6. The van der Waals surface area contributed by atoms with E-state index in [1.54, 1.807) is 26.4 Å². The minimum Gasteiger partial charge on any atom is -0.493 e. The van der Waals surface area contributed by atoms with Crippen LogP contribution in [0.5, 0.6) is 11.5 Å². The number of nitrogens with zero attached hydrogens (tertiary/aromatic N) is 1. The third-order valence-electron chi connectivity index (χ3n) is 5.62. The SMILES string of the molecule is COc1cccc([C@@H](Nc2cccc(C)n2)c2c(NC(=O)c3ccco3)sc(C)c2C)c1OC. The number of amides is 1. The maximum atomic E-state index is 12.9. The molecule has 0 saturated carbocycles. The van der Waals surface area contributed by atoms with Crippen LogP contribution in [0.3, 0.4) is 0 Å². The zero-order valence-corrected chi connectivity index (χ0v) is 20.6. The molecule has 3 aromatic heterocycles. The average Bonchev–Trinajstić information content (AvgIpc) is 3.46. The lowest BCUT2D eigenvalue weighted by atomic mass is 9.95. The first-order valence-corrected chi connectivity index (χ1v) is 11.6. The Labute approximate surface area is 202 Å². The van der Waals surface area contributed by atoms with Crippen LogP contribution in [0.4, 0.5) is 10.8 Å². The molecule has 0 spiro atoms. The van der Waals surface area contributed by atoms with E-state index in [9.17, 15) is 4.79 Å². The number of carbonyl (C=O) groups excluding carboxylic acids is 1. The quantitative estimate of drug-likeness (QED) is 0.317. The number of thiophene rings is 1. The number of rotatable bonds is 8. The van der Waals surface area contributed by atoms with Crippen LogP contribution in [-0.4, -0.2) is 25.1 Å². The summed E-state index contributed by atoms with van der Waals surface area (Å²) in [5.41, 5.74) is 3.75. The number of furan rings is 1. The molecular formula is C26H27N3O4S. The van der Waals surface area contributed by atoms with Gasteiger partial charge in [0.1, 0.15) is 10.8 Å². The van der Waals surface area contributed by atoms with E-state index in [2.05, 4.69) is 22.5 Å². The molecule has 1 aromatic carbocycles. The van der Waals surface area contributed by atoms with Gasteiger partial charge in [-0.15, -0.1) is 11.3 Å². The van der Waals surface area contributed by atoms with E-state index < -0.39 is 0 Å². The highest BCUT2D eigenvalue weighted by atomic mass is 32.1. The number of pyridine rings is 1. The first kappa shape index (κ1) is 23.4. The third-order valence-corrected chi connectivity index (χ3v) is 6.76.